The number of hydrogen-bond acceptors (Lipinski definition) is 11. The minimum atomic E-state index is -4.21. The summed E-state index contributed by atoms with van der Waals surface area (Å²) >= 11 is 13.6. The summed E-state index contributed by atoms with van der Waals surface area (Å²) in [7, 11) is -4.21. The molecule has 3 aromatic rings. The van der Waals surface area contributed by atoms with Gasteiger partial charge in [-0.05, 0) is 30.2 Å². The number of halogens is 2. The van der Waals surface area contributed by atoms with Gasteiger partial charge in [0.15, 0.2) is 0 Å². The van der Waals surface area contributed by atoms with Crippen LogP contribution in [-0.4, -0.2) is 59.2 Å². The number of thiophene rings is 1. The van der Waals surface area contributed by atoms with Crippen molar-refractivity contribution in [3.8, 4) is 0 Å². The molecule has 1 aromatic carbocycles. The summed E-state index contributed by atoms with van der Waals surface area (Å²) in [6, 6.07) is 7.25. The number of benzene rings is 1. The Kier molecular flexibility index (Phi) is 8.48. The van der Waals surface area contributed by atoms with Crippen molar-refractivity contribution in [1.82, 2.24) is 9.97 Å². The summed E-state index contributed by atoms with van der Waals surface area (Å²) < 4.78 is 27.1. The van der Waals surface area contributed by atoms with Gasteiger partial charge in [-0.25, -0.2) is 15.1 Å². The predicted molar refractivity (Wildman–Crippen MR) is 139 cm³/mol. The molecule has 1 fully saturated rings. The van der Waals surface area contributed by atoms with Crippen LogP contribution in [0.1, 0.15) is 38.8 Å². The smallest absolute Gasteiger partial charge is 0.333 e. The van der Waals surface area contributed by atoms with Gasteiger partial charge in [0.1, 0.15) is 18.2 Å². The molecule has 1 saturated carbocycles. The van der Waals surface area contributed by atoms with Crippen LogP contribution in [0.15, 0.2) is 42.9 Å². The Labute approximate surface area is 226 Å². The van der Waals surface area contributed by atoms with E-state index >= 15 is 0 Å². The number of aromatic nitrogens is 2. The number of rotatable bonds is 9. The summed E-state index contributed by atoms with van der Waals surface area (Å²) in [5.74, 6) is -1.03. The van der Waals surface area contributed by atoms with Crippen molar-refractivity contribution in [1.29, 1.82) is 0 Å². The van der Waals surface area contributed by atoms with Gasteiger partial charge in [0.25, 0.3) is 0 Å². The molecule has 4 rings (SSSR count). The molecule has 1 aliphatic rings. The average molecular weight is 588 g/mol. The summed E-state index contributed by atoms with van der Waals surface area (Å²) in [5, 5.41) is 29.1. The van der Waals surface area contributed by atoms with Gasteiger partial charge in [0.05, 0.1) is 39.6 Å². The standard InChI is InChI=1S/C22H23Cl2N5O6S2/c23-12-3-1-2-10(4-12)17(25)13-6-16(36-21(13)24)19(31)14-7-27-9-28-22(14)29-15-5-11(18(30)20(15)32)8-35-37(26,33)34/h1-4,6-7,9,11,15,17-18,20,30,32H,5,8,25H2,(H2,26,33,34)(H,27,28,29)/t11-,15-,17-,18-,20+/m1/s1. The third-order valence-corrected chi connectivity index (χ3v) is 8.09. The zero-order valence-electron chi connectivity index (χ0n) is 19.0. The number of ketones is 1. The molecule has 15 heteroatoms. The fourth-order valence-electron chi connectivity index (χ4n) is 4.12. The van der Waals surface area contributed by atoms with Gasteiger partial charge in [-0.2, -0.15) is 8.42 Å². The van der Waals surface area contributed by atoms with E-state index in [0.29, 0.717) is 19.8 Å². The van der Waals surface area contributed by atoms with E-state index in [-0.39, 0.29) is 17.8 Å². The van der Waals surface area contributed by atoms with E-state index in [1.165, 1.54) is 12.5 Å². The second-order valence-corrected chi connectivity index (χ2v) is 11.8. The molecule has 0 aliphatic heterocycles. The minimum absolute atomic E-state index is 0.106. The van der Waals surface area contributed by atoms with Gasteiger partial charge in [-0.1, -0.05) is 35.3 Å². The number of anilines is 1. The number of carbonyl (C=O) groups is 1. The molecule has 11 nitrogen and oxygen atoms in total. The van der Waals surface area contributed by atoms with Crippen LogP contribution < -0.4 is 16.2 Å². The Bertz CT molecular complexity index is 1410. The molecule has 7 N–H and O–H groups in total. The van der Waals surface area contributed by atoms with Crippen LogP contribution in [0.2, 0.25) is 9.36 Å². The number of hydrogen-bond donors (Lipinski definition) is 5. The Balaban J connectivity index is 1.54. The monoisotopic (exact) mass is 587 g/mol. The topological polar surface area (TPSA) is 191 Å². The molecule has 0 amide bonds. The predicted octanol–water partition coefficient (Wildman–Crippen LogP) is 1.87. The third kappa shape index (κ3) is 6.45. The molecule has 2 aromatic heterocycles. The lowest BCUT2D eigenvalue weighted by Crippen LogP contribution is -2.36. The van der Waals surface area contributed by atoms with Crippen molar-refractivity contribution in [2.45, 2.75) is 30.7 Å². The molecule has 37 heavy (non-hydrogen) atoms. The van der Waals surface area contributed by atoms with Gasteiger partial charge >= 0.3 is 10.3 Å². The van der Waals surface area contributed by atoms with Crippen LogP contribution in [0.3, 0.4) is 0 Å². The van der Waals surface area contributed by atoms with E-state index < -0.39 is 52.9 Å². The summed E-state index contributed by atoms with van der Waals surface area (Å²) in [4.78, 5) is 21.8. The molecule has 0 bridgehead atoms. The maximum Gasteiger partial charge on any atom is 0.333 e. The zero-order chi connectivity index (χ0) is 26.9. The van der Waals surface area contributed by atoms with E-state index in [4.69, 9.17) is 34.1 Å². The first kappa shape index (κ1) is 27.8. The molecule has 0 saturated heterocycles. The van der Waals surface area contributed by atoms with E-state index in [0.717, 1.165) is 16.9 Å². The molecule has 2 heterocycles. The maximum absolute atomic E-state index is 13.4. The highest BCUT2D eigenvalue weighted by atomic mass is 35.5. The normalized spacial score (nSPS) is 22.6. The summed E-state index contributed by atoms with van der Waals surface area (Å²) in [5.41, 5.74) is 7.76. The highest BCUT2D eigenvalue weighted by Crippen LogP contribution is 2.36. The van der Waals surface area contributed by atoms with Crippen molar-refractivity contribution >= 4 is 56.4 Å². The van der Waals surface area contributed by atoms with Gasteiger partial charge in [0.2, 0.25) is 5.78 Å². The fourth-order valence-corrected chi connectivity index (χ4v) is 5.99. The fraction of sp³-hybridized carbons (Fsp3) is 0.318. The first-order valence-electron chi connectivity index (χ1n) is 10.9. The maximum atomic E-state index is 13.4. The Morgan fingerprint density at radius 1 is 1.27 bits per heavy atom. The van der Waals surface area contributed by atoms with Crippen LogP contribution in [-0.2, 0) is 14.5 Å². The van der Waals surface area contributed by atoms with E-state index in [9.17, 15) is 23.4 Å². The molecule has 0 unspecified atom stereocenters. The molecular formula is C22H23Cl2N5O6S2. The summed E-state index contributed by atoms with van der Waals surface area (Å²) in [6.07, 6.45) is 0.0953. The first-order chi connectivity index (χ1) is 17.4. The molecule has 1 aliphatic carbocycles. The highest BCUT2D eigenvalue weighted by Gasteiger charge is 2.42. The van der Waals surface area contributed by atoms with E-state index in [2.05, 4.69) is 19.5 Å². The highest BCUT2D eigenvalue weighted by molar-refractivity contribution is 7.84. The first-order valence-corrected chi connectivity index (χ1v) is 13.9. The number of carbonyl (C=O) groups excluding carboxylic acids is 1. The zero-order valence-corrected chi connectivity index (χ0v) is 22.1. The van der Waals surface area contributed by atoms with Crippen molar-refractivity contribution in [2.75, 3.05) is 11.9 Å². The third-order valence-electron chi connectivity index (χ3n) is 6.01. The Hall–Kier alpha value is -2.20. The van der Waals surface area contributed by atoms with Crippen LogP contribution >= 0.6 is 34.5 Å². The second kappa shape index (κ2) is 11.3. The number of aliphatic hydroxyl groups excluding tert-OH is 2. The van der Waals surface area contributed by atoms with Gasteiger partial charge in [-0.15, -0.1) is 11.3 Å². The quantitative estimate of drug-likeness (QED) is 0.231. The van der Waals surface area contributed by atoms with Crippen molar-refractivity contribution in [2.24, 2.45) is 16.8 Å². The SMILES string of the molecule is N[C@H](c1cccc(Cl)c1)c1cc(C(=O)c2cncnc2N[C@@H]2C[C@H](COS(N)(=O)=O)[C@@H](O)[C@H]2O)sc1Cl. The van der Waals surface area contributed by atoms with Crippen LogP contribution in [0.25, 0.3) is 0 Å². The number of nitrogens with two attached hydrogens (primary N) is 2. The Morgan fingerprint density at radius 2 is 2.03 bits per heavy atom. The van der Waals surface area contributed by atoms with Crippen LogP contribution in [0.4, 0.5) is 5.82 Å². The lowest BCUT2D eigenvalue weighted by molar-refractivity contribution is 0.00778. The molecule has 0 spiro atoms. The van der Waals surface area contributed by atoms with Gasteiger partial charge in [0, 0.05) is 22.7 Å². The molecule has 5 atom stereocenters. The van der Waals surface area contributed by atoms with Crippen LogP contribution in [0, 0.1) is 5.92 Å². The Morgan fingerprint density at radius 3 is 2.73 bits per heavy atom. The number of nitrogens with one attached hydrogen (secondary N) is 1. The largest absolute Gasteiger partial charge is 0.390 e. The average Bonchev–Trinajstić information content (AvgIpc) is 3.36. The van der Waals surface area contributed by atoms with Gasteiger partial charge < -0.3 is 21.3 Å². The van der Waals surface area contributed by atoms with Gasteiger partial charge in [-0.3, -0.25) is 8.98 Å². The van der Waals surface area contributed by atoms with Crippen molar-refractivity contribution in [3.63, 3.8) is 0 Å². The molecular weight excluding hydrogens is 565 g/mol. The lowest BCUT2D eigenvalue weighted by atomic mass is 10.0. The summed E-state index contributed by atoms with van der Waals surface area (Å²) in [6.45, 7) is -0.409. The van der Waals surface area contributed by atoms with E-state index in [1.54, 1.807) is 24.3 Å². The lowest BCUT2D eigenvalue weighted by Gasteiger charge is -2.19. The number of aliphatic hydroxyl groups is 2. The van der Waals surface area contributed by atoms with E-state index in [1.807, 2.05) is 6.07 Å². The minimum Gasteiger partial charge on any atom is -0.390 e. The van der Waals surface area contributed by atoms with Crippen molar-refractivity contribution in [3.05, 3.63) is 73.8 Å². The van der Waals surface area contributed by atoms with Crippen molar-refractivity contribution < 1.29 is 27.6 Å². The number of nitrogens with zero attached hydrogens (tertiary/aromatic N) is 2. The second-order valence-electron chi connectivity index (χ2n) is 8.49. The van der Waals surface area contributed by atoms with Crippen LogP contribution in [0.5, 0.6) is 0 Å². The molecule has 0 radical (unpaired) electrons. The molecule has 198 valence electrons.